The maximum Gasteiger partial charge on any atom is 0.315 e. The molecule has 2 aromatic rings. The Labute approximate surface area is 75.1 Å². The van der Waals surface area contributed by atoms with E-state index in [4.69, 9.17) is 0 Å². The van der Waals surface area contributed by atoms with Crippen molar-refractivity contribution in [3.05, 3.63) is 34.5 Å². The van der Waals surface area contributed by atoms with Crippen LogP contribution in [-0.4, -0.2) is 0 Å². The van der Waals surface area contributed by atoms with Crippen molar-refractivity contribution in [2.24, 2.45) is 0 Å². The molecule has 0 radical (unpaired) electrons. The Morgan fingerprint density at radius 3 is 2.67 bits per heavy atom. The standard InChI is InChI=1S/C8H3BrF2O/c9-5-3-1-2-4-6(10)8(11)12-7(4)5/h1-3H. The van der Waals surface area contributed by atoms with Gasteiger partial charge >= 0.3 is 6.01 Å². The zero-order valence-corrected chi connectivity index (χ0v) is 7.36. The number of hydrogen-bond donors (Lipinski definition) is 0. The molecule has 1 nitrogen and oxygen atoms in total. The van der Waals surface area contributed by atoms with Gasteiger partial charge in [0, 0.05) is 0 Å². The van der Waals surface area contributed by atoms with E-state index >= 15 is 0 Å². The highest BCUT2D eigenvalue weighted by atomic mass is 79.9. The van der Waals surface area contributed by atoms with Crippen LogP contribution in [0.5, 0.6) is 0 Å². The highest BCUT2D eigenvalue weighted by Gasteiger charge is 2.14. The van der Waals surface area contributed by atoms with E-state index in [1.54, 1.807) is 12.1 Å². The SMILES string of the molecule is Fc1oc2c(Br)cccc2c1F. The maximum atomic E-state index is 12.8. The lowest BCUT2D eigenvalue weighted by Gasteiger charge is -1.88. The number of furan rings is 1. The molecule has 0 N–H and O–H groups in total. The van der Waals surface area contributed by atoms with Gasteiger partial charge in [-0.3, -0.25) is 0 Å². The summed E-state index contributed by atoms with van der Waals surface area (Å²) in [6.07, 6.45) is 0. The third kappa shape index (κ3) is 0.948. The van der Waals surface area contributed by atoms with Crippen molar-refractivity contribution in [1.29, 1.82) is 0 Å². The molecule has 0 bridgehead atoms. The molecule has 1 aromatic carbocycles. The van der Waals surface area contributed by atoms with Crippen molar-refractivity contribution in [3.8, 4) is 0 Å². The summed E-state index contributed by atoms with van der Waals surface area (Å²) >= 11 is 3.12. The summed E-state index contributed by atoms with van der Waals surface area (Å²) in [7, 11) is 0. The molecule has 0 spiro atoms. The second kappa shape index (κ2) is 2.55. The van der Waals surface area contributed by atoms with Crippen LogP contribution in [-0.2, 0) is 0 Å². The molecule has 0 aliphatic carbocycles. The second-order valence-corrected chi connectivity index (χ2v) is 3.16. The zero-order chi connectivity index (χ0) is 8.72. The Bertz CT molecular complexity index is 436. The smallest absolute Gasteiger partial charge is 0.315 e. The lowest BCUT2D eigenvalue weighted by molar-refractivity contribution is 0.342. The first-order chi connectivity index (χ1) is 5.70. The van der Waals surface area contributed by atoms with Crippen molar-refractivity contribution < 1.29 is 13.2 Å². The van der Waals surface area contributed by atoms with Gasteiger partial charge in [-0.15, -0.1) is 0 Å². The summed E-state index contributed by atoms with van der Waals surface area (Å²) in [5.74, 6) is -0.939. The van der Waals surface area contributed by atoms with Gasteiger partial charge in [-0.1, -0.05) is 6.07 Å². The van der Waals surface area contributed by atoms with Crippen LogP contribution in [0.2, 0.25) is 0 Å². The molecule has 0 unspecified atom stereocenters. The number of fused-ring (bicyclic) bond motifs is 1. The first kappa shape index (κ1) is 7.73. The Kier molecular flexibility index (Phi) is 1.65. The van der Waals surface area contributed by atoms with Gasteiger partial charge < -0.3 is 4.42 Å². The fourth-order valence-corrected chi connectivity index (χ4v) is 1.47. The van der Waals surface area contributed by atoms with Crippen molar-refractivity contribution in [1.82, 2.24) is 0 Å². The average Bonchev–Trinajstić information content (AvgIpc) is 2.32. The maximum absolute atomic E-state index is 12.8. The Hall–Kier alpha value is -0.900. The summed E-state index contributed by atoms with van der Waals surface area (Å²) in [4.78, 5) is 0. The van der Waals surface area contributed by atoms with E-state index in [9.17, 15) is 8.78 Å². The molecular weight excluding hydrogens is 230 g/mol. The van der Waals surface area contributed by atoms with Gasteiger partial charge in [0.15, 0.2) is 5.58 Å². The average molecular weight is 233 g/mol. The van der Waals surface area contributed by atoms with E-state index in [0.717, 1.165) is 0 Å². The van der Waals surface area contributed by atoms with E-state index in [1.165, 1.54) is 6.07 Å². The molecule has 0 aliphatic heterocycles. The molecular formula is C8H3BrF2O. The molecule has 0 atom stereocenters. The van der Waals surface area contributed by atoms with Crippen molar-refractivity contribution in [3.63, 3.8) is 0 Å². The molecule has 0 amide bonds. The van der Waals surface area contributed by atoms with Gasteiger partial charge in [-0.25, -0.2) is 0 Å². The topological polar surface area (TPSA) is 13.1 Å². The fraction of sp³-hybridized carbons (Fsp3) is 0. The summed E-state index contributed by atoms with van der Waals surface area (Å²) in [5, 5.41) is 0.155. The fourth-order valence-electron chi connectivity index (χ4n) is 1.03. The minimum atomic E-state index is -1.17. The van der Waals surface area contributed by atoms with Crippen LogP contribution in [0.3, 0.4) is 0 Å². The van der Waals surface area contributed by atoms with E-state index in [2.05, 4.69) is 20.3 Å². The molecule has 0 aliphatic rings. The number of para-hydroxylation sites is 1. The molecule has 4 heteroatoms. The predicted molar refractivity (Wildman–Crippen MR) is 43.8 cm³/mol. The highest BCUT2D eigenvalue weighted by Crippen LogP contribution is 2.29. The third-order valence-electron chi connectivity index (χ3n) is 1.57. The largest absolute Gasteiger partial charge is 0.428 e. The summed E-state index contributed by atoms with van der Waals surface area (Å²) in [6, 6.07) is 3.56. The van der Waals surface area contributed by atoms with Gasteiger partial charge in [0.1, 0.15) is 0 Å². The minimum absolute atomic E-state index is 0.155. The first-order valence-corrected chi connectivity index (χ1v) is 4.01. The Morgan fingerprint density at radius 1 is 1.25 bits per heavy atom. The first-order valence-electron chi connectivity index (χ1n) is 3.22. The molecule has 0 fully saturated rings. The van der Waals surface area contributed by atoms with E-state index < -0.39 is 11.8 Å². The van der Waals surface area contributed by atoms with Crippen molar-refractivity contribution in [2.45, 2.75) is 0 Å². The van der Waals surface area contributed by atoms with Crippen LogP contribution >= 0.6 is 15.9 Å². The van der Waals surface area contributed by atoms with Crippen LogP contribution in [0.4, 0.5) is 8.78 Å². The van der Waals surface area contributed by atoms with Crippen molar-refractivity contribution >= 4 is 26.9 Å². The Balaban J connectivity index is 2.95. The molecule has 1 heterocycles. The van der Waals surface area contributed by atoms with Crippen LogP contribution in [0, 0.1) is 11.8 Å². The minimum Gasteiger partial charge on any atom is -0.428 e. The highest BCUT2D eigenvalue weighted by molar-refractivity contribution is 9.10. The van der Waals surface area contributed by atoms with Gasteiger partial charge in [0.25, 0.3) is 0 Å². The second-order valence-electron chi connectivity index (χ2n) is 2.31. The monoisotopic (exact) mass is 232 g/mol. The van der Waals surface area contributed by atoms with Crippen molar-refractivity contribution in [2.75, 3.05) is 0 Å². The van der Waals surface area contributed by atoms with Gasteiger partial charge in [0.2, 0.25) is 5.82 Å². The van der Waals surface area contributed by atoms with Crippen LogP contribution in [0.1, 0.15) is 0 Å². The molecule has 12 heavy (non-hydrogen) atoms. The summed E-state index contributed by atoms with van der Waals surface area (Å²) in [5.41, 5.74) is 0.201. The third-order valence-corrected chi connectivity index (χ3v) is 2.19. The Morgan fingerprint density at radius 2 is 2.00 bits per heavy atom. The van der Waals surface area contributed by atoms with Gasteiger partial charge in [-0.05, 0) is 28.1 Å². The van der Waals surface area contributed by atoms with E-state index in [-0.39, 0.29) is 11.0 Å². The lowest BCUT2D eigenvalue weighted by atomic mass is 10.2. The van der Waals surface area contributed by atoms with E-state index in [0.29, 0.717) is 4.47 Å². The van der Waals surface area contributed by atoms with Gasteiger partial charge in [0.05, 0.1) is 9.86 Å². The lowest BCUT2D eigenvalue weighted by Crippen LogP contribution is -1.71. The number of rotatable bonds is 0. The molecule has 0 saturated heterocycles. The number of hydrogen-bond acceptors (Lipinski definition) is 1. The predicted octanol–water partition coefficient (Wildman–Crippen LogP) is 3.47. The van der Waals surface area contributed by atoms with Crippen LogP contribution < -0.4 is 0 Å². The van der Waals surface area contributed by atoms with E-state index in [1.807, 2.05) is 0 Å². The molecule has 62 valence electrons. The van der Waals surface area contributed by atoms with Crippen LogP contribution in [0.15, 0.2) is 27.1 Å². The molecule has 0 saturated carbocycles. The summed E-state index contributed by atoms with van der Waals surface area (Å²) < 4.78 is 30.5. The number of halogens is 3. The summed E-state index contributed by atoms with van der Waals surface area (Å²) in [6.45, 7) is 0. The quantitative estimate of drug-likeness (QED) is 0.678. The number of benzene rings is 1. The normalized spacial score (nSPS) is 10.9. The van der Waals surface area contributed by atoms with Crippen LogP contribution in [0.25, 0.3) is 11.0 Å². The zero-order valence-electron chi connectivity index (χ0n) is 5.77. The van der Waals surface area contributed by atoms with Gasteiger partial charge in [-0.2, -0.15) is 8.78 Å². The molecule has 1 aromatic heterocycles. The molecule has 2 rings (SSSR count).